The number of nitrogens with one attached hydrogen (secondary N) is 4. The summed E-state index contributed by atoms with van der Waals surface area (Å²) in [6.07, 6.45) is -52.8. The summed E-state index contributed by atoms with van der Waals surface area (Å²) in [5.41, 5.74) is 0. The van der Waals surface area contributed by atoms with Gasteiger partial charge in [0.2, 0.25) is 23.6 Å². The molecule has 0 aliphatic carbocycles. The van der Waals surface area contributed by atoms with Crippen LogP contribution in [0.1, 0.15) is 26.2 Å². The molecule has 5 aliphatic heterocycles. The molecule has 5 heterocycles. The average Bonchev–Trinajstić information content (AvgIpc) is 0.818. The summed E-state index contributed by atoms with van der Waals surface area (Å²) in [6, 6.07) is -8.13. The molecule has 0 radical (unpaired) electrons. The molecule has 42 nitrogen and oxygen atoms in total. The number of carbonyl (C=O) groups is 7. The van der Waals surface area contributed by atoms with Crippen molar-refractivity contribution in [3.8, 4) is 0 Å². The van der Waals surface area contributed by atoms with Gasteiger partial charge in [-0.25, -0.2) is 14.4 Å². The third-order valence-corrected chi connectivity index (χ3v) is 15.2. The molecule has 0 unspecified atom stereocenters. The van der Waals surface area contributed by atoms with Gasteiger partial charge < -0.3 is 176 Å². The van der Waals surface area contributed by atoms with Crippen LogP contribution in [0.15, 0.2) is 0 Å². The van der Waals surface area contributed by atoms with Crippen LogP contribution in [0.2, 0.25) is 0 Å². The van der Waals surface area contributed by atoms with Crippen molar-refractivity contribution in [2.24, 2.45) is 0 Å². The number of hydrogen-bond donors (Lipinski definition) is 26. The van der Waals surface area contributed by atoms with Gasteiger partial charge >= 0.3 is 17.9 Å². The lowest BCUT2D eigenvalue weighted by Crippen LogP contribution is -2.72. The van der Waals surface area contributed by atoms with Gasteiger partial charge in [0, 0.05) is 26.2 Å². The van der Waals surface area contributed by atoms with E-state index in [4.69, 9.17) is 42.6 Å². The van der Waals surface area contributed by atoms with Gasteiger partial charge in [0.05, 0.1) is 69.5 Å². The lowest BCUT2D eigenvalue weighted by atomic mass is 9.86. The van der Waals surface area contributed by atoms with E-state index in [1.54, 1.807) is 0 Å². The van der Waals surface area contributed by atoms with Gasteiger partial charge in [-0.3, -0.25) is 19.2 Å². The molecule has 89 heavy (non-hydrogen) atoms. The Kier molecular flexibility index (Phi) is 26.6. The summed E-state index contributed by atoms with van der Waals surface area (Å²) in [5.74, 6) is -22.3. The molecule has 5 rings (SSSR count). The van der Waals surface area contributed by atoms with E-state index in [0.717, 1.165) is 6.92 Å². The van der Waals surface area contributed by atoms with Crippen molar-refractivity contribution in [1.82, 2.24) is 21.3 Å². The van der Waals surface area contributed by atoms with Crippen LogP contribution < -0.4 is 21.3 Å². The zero-order valence-electron chi connectivity index (χ0n) is 46.6. The number of carboxylic acids is 3. The number of aliphatic hydroxyl groups is 19. The van der Waals surface area contributed by atoms with E-state index in [1.807, 2.05) is 16.0 Å². The molecule has 26 N–H and O–H groups in total. The summed E-state index contributed by atoms with van der Waals surface area (Å²) in [5, 5.41) is 243. The summed E-state index contributed by atoms with van der Waals surface area (Å²) >= 11 is 0. The molecule has 5 fully saturated rings. The highest BCUT2D eigenvalue weighted by atomic mass is 16.8. The Morgan fingerprint density at radius 3 is 1.27 bits per heavy atom. The second kappa shape index (κ2) is 31.7. The normalized spacial score (nSPS) is 39.6. The van der Waals surface area contributed by atoms with Crippen molar-refractivity contribution in [3.63, 3.8) is 0 Å². The first-order valence-electron chi connectivity index (χ1n) is 27.0. The van der Waals surface area contributed by atoms with Gasteiger partial charge in [0.25, 0.3) is 17.4 Å². The zero-order chi connectivity index (χ0) is 66.9. The molecule has 0 aromatic rings. The monoisotopic (exact) mass is 1300 g/mol. The Balaban J connectivity index is 1.51. The molecule has 0 saturated carbocycles. The number of aliphatic hydroxyl groups excluding tert-OH is 19. The maximum Gasteiger partial charge on any atom is 0.364 e. The van der Waals surface area contributed by atoms with E-state index in [2.05, 4.69) is 5.32 Å². The highest BCUT2D eigenvalue weighted by Gasteiger charge is 2.63. The molecular formula is C47H76N4O38. The van der Waals surface area contributed by atoms with Gasteiger partial charge in [0.1, 0.15) is 124 Å². The second-order valence-electron chi connectivity index (χ2n) is 21.3. The van der Waals surface area contributed by atoms with Crippen LogP contribution >= 0.6 is 0 Å². The predicted molar refractivity (Wildman–Crippen MR) is 269 cm³/mol. The van der Waals surface area contributed by atoms with Crippen LogP contribution in [0, 0.1) is 0 Å². The fraction of sp³-hybridized carbons (Fsp3) is 0.851. The van der Waals surface area contributed by atoms with Crippen molar-refractivity contribution in [2.45, 2.75) is 196 Å². The summed E-state index contributed by atoms with van der Waals surface area (Å²) in [4.78, 5) is 89.7. The van der Waals surface area contributed by atoms with Crippen LogP contribution in [0.4, 0.5) is 0 Å². The maximum absolute atomic E-state index is 13.5. The third-order valence-electron chi connectivity index (χ3n) is 15.2. The van der Waals surface area contributed by atoms with Crippen LogP contribution in [0.25, 0.3) is 0 Å². The van der Waals surface area contributed by atoms with Gasteiger partial charge in [0.15, 0.2) is 12.6 Å². The van der Waals surface area contributed by atoms with Crippen molar-refractivity contribution in [3.05, 3.63) is 0 Å². The number of amides is 4. The van der Waals surface area contributed by atoms with E-state index >= 15 is 0 Å². The van der Waals surface area contributed by atoms with Crippen molar-refractivity contribution in [1.29, 1.82) is 0 Å². The van der Waals surface area contributed by atoms with Gasteiger partial charge in [-0.15, -0.1) is 0 Å². The van der Waals surface area contributed by atoms with Crippen LogP contribution in [0.3, 0.4) is 0 Å². The van der Waals surface area contributed by atoms with E-state index in [-0.39, 0.29) is 0 Å². The lowest BCUT2D eigenvalue weighted by Gasteiger charge is -2.51. The van der Waals surface area contributed by atoms with Crippen molar-refractivity contribution >= 4 is 41.5 Å². The minimum absolute atomic E-state index is 0.896. The molecule has 42 heteroatoms. The number of ether oxygens (including phenoxy) is 9. The van der Waals surface area contributed by atoms with Crippen LogP contribution in [-0.4, -0.2) is 377 Å². The van der Waals surface area contributed by atoms with Crippen molar-refractivity contribution < 1.29 is 189 Å². The fourth-order valence-corrected chi connectivity index (χ4v) is 10.6. The highest BCUT2D eigenvalue weighted by Crippen LogP contribution is 2.41. The van der Waals surface area contributed by atoms with Crippen molar-refractivity contribution in [2.75, 3.05) is 52.9 Å². The minimum atomic E-state index is -3.65. The van der Waals surface area contributed by atoms with E-state index < -0.39 is 284 Å². The Morgan fingerprint density at radius 1 is 0.494 bits per heavy atom. The molecule has 0 aromatic carbocycles. The van der Waals surface area contributed by atoms with Gasteiger partial charge in [-0.05, 0) is 0 Å². The topological polar surface area (TPSA) is 696 Å². The number of hydrogen-bond acceptors (Lipinski definition) is 35. The summed E-state index contributed by atoms with van der Waals surface area (Å²) in [7, 11) is 0. The SMILES string of the molecule is CC(=O)N[C@@H]1[C@@H](O[C@@H]2O[C@H](CO)[C@H](O)[C@H](O)[C@H]2O)[C@@H](O)[C@@H](CO[C@]2(C(=O)O)C[C@H](O)[C@@H](NC(=O)CO)[C@H]([C@H](O)[C@@H](CO)O[C@]3(C(=O)O)C[C@H](O)[C@@H](NC(=O)CO)[C@H]([C@H](O)[C@@H](CO)O[C@]4(C(=O)O)C[C@H](O)[C@@H](NC(=O)CO)[C@H]([C@H](O)[C@H](O)CO)O4)O3)O2)O[C@@H]1O. The molecule has 0 spiro atoms. The molecule has 0 bridgehead atoms. The van der Waals surface area contributed by atoms with Gasteiger partial charge in [-0.1, -0.05) is 0 Å². The molecule has 4 amide bonds. The Labute approximate surface area is 499 Å². The molecule has 28 atom stereocenters. The smallest absolute Gasteiger partial charge is 0.364 e. The largest absolute Gasteiger partial charge is 0.477 e. The quantitative estimate of drug-likeness (QED) is 0.0331. The number of carboxylic acid groups (broad SMARTS) is 3. The first kappa shape index (κ1) is 74.9. The molecule has 0 aromatic heterocycles. The Hall–Kier alpha value is -4.83. The Bertz CT molecular complexity index is 2400. The van der Waals surface area contributed by atoms with E-state index in [1.165, 1.54) is 0 Å². The minimum Gasteiger partial charge on any atom is -0.477 e. The summed E-state index contributed by atoms with van der Waals surface area (Å²) in [6.45, 7) is -9.97. The third kappa shape index (κ3) is 16.7. The number of rotatable bonds is 29. The van der Waals surface area contributed by atoms with E-state index in [0.29, 0.717) is 0 Å². The van der Waals surface area contributed by atoms with Gasteiger partial charge in [-0.2, -0.15) is 0 Å². The second-order valence-corrected chi connectivity index (χ2v) is 21.3. The first-order valence-corrected chi connectivity index (χ1v) is 27.0. The number of aliphatic carboxylic acids is 3. The average molecular weight is 1310 g/mol. The molecule has 512 valence electrons. The standard InChI is InChI=1S/C47H76N4O38/c1-13(59)48-28-36(84-41-35(73)34(72)30(68)18(6-53)83-41)33(71)21(82-40(28)74)12-81-45(42(75)76)2-14(60)26(50-23(65)10-57)38(87-45)31(69)19(7-54)86-47(44(79)80)4-16(62)27(51-24(66)11-58)39(89-47)32(70)20(8-55)85-46(43(77)78)3-15(61)25(49-22(64)9-56)37(88-46)29(67)17(63)5-52/h14-21,25-41,52-58,60-63,67-74H,2-12H2,1H3,(H,48,59)(H,49,64)(H,50,65)(H,51,66)(H,75,76)(H,77,78)(H,79,80)/t14-,15-,16-,17+,18+,19+,20+,21+,25+,26+,27+,28+,29+,30-,31+,32+,33-,34-,35+,36+,37+,38+,39+,40-,41-,45+,46+,47+/m0/s1. The summed E-state index contributed by atoms with van der Waals surface area (Å²) < 4.78 is 50.1. The molecule has 5 aliphatic rings. The highest BCUT2D eigenvalue weighted by molar-refractivity contribution is 5.80. The van der Waals surface area contributed by atoms with Crippen LogP contribution in [0.5, 0.6) is 0 Å². The van der Waals surface area contributed by atoms with Crippen LogP contribution in [-0.2, 0) is 76.2 Å². The molecule has 5 saturated heterocycles. The Morgan fingerprint density at radius 2 is 0.899 bits per heavy atom. The zero-order valence-corrected chi connectivity index (χ0v) is 46.6. The lowest BCUT2D eigenvalue weighted by molar-refractivity contribution is -0.360. The maximum atomic E-state index is 13.5. The first-order chi connectivity index (χ1) is 41.7. The molecular weight excluding hydrogens is 1230 g/mol. The van der Waals surface area contributed by atoms with E-state index in [9.17, 15) is 146 Å². The fourth-order valence-electron chi connectivity index (χ4n) is 10.6. The number of carbonyl (C=O) groups excluding carboxylic acids is 4. The predicted octanol–water partition coefficient (Wildman–Crippen LogP) is -16.8.